The molecule has 0 saturated carbocycles. The van der Waals surface area contributed by atoms with Crippen molar-refractivity contribution in [3.63, 3.8) is 0 Å². The minimum atomic E-state index is -2.96. The first-order valence-electron chi connectivity index (χ1n) is 6.86. The number of carbonyl (C=O) groups excluding carboxylic acids is 1. The predicted octanol–water partition coefficient (Wildman–Crippen LogP) is 4.45. The maximum absolute atomic E-state index is 14.3. The molecule has 0 fully saturated rings. The normalized spacial score (nSPS) is 11.2. The number of halogens is 3. The summed E-state index contributed by atoms with van der Waals surface area (Å²) in [7, 11) is 1.36. The second-order valence-electron chi connectivity index (χ2n) is 4.94. The number of aromatic nitrogens is 1. The number of carbonyl (C=O) groups is 1. The number of alkyl halides is 2. The van der Waals surface area contributed by atoms with Crippen LogP contribution in [-0.4, -0.2) is 24.2 Å². The molecule has 0 unspecified atom stereocenters. The molecule has 24 heavy (non-hydrogen) atoms. The topological polar surface area (TPSA) is 40.5 Å². The molecule has 2 heterocycles. The number of rotatable bonds is 4. The van der Waals surface area contributed by atoms with Crippen molar-refractivity contribution in [3.05, 3.63) is 46.7 Å². The maximum atomic E-state index is 14.3. The van der Waals surface area contributed by atoms with Gasteiger partial charge in [-0.3, -0.25) is 9.36 Å². The Hall–Kier alpha value is -2.48. The minimum absolute atomic E-state index is 0.0599. The zero-order valence-electron chi connectivity index (χ0n) is 12.7. The fourth-order valence-corrected chi connectivity index (χ4v) is 3.27. The molecule has 8 heteroatoms. The van der Waals surface area contributed by atoms with Crippen molar-refractivity contribution in [2.45, 2.75) is 13.5 Å². The number of benzene rings is 1. The Morgan fingerprint density at radius 2 is 2.00 bits per heavy atom. The molecule has 0 radical (unpaired) electrons. The van der Waals surface area contributed by atoms with Crippen LogP contribution in [-0.2, 0) is 0 Å². The molecule has 3 rings (SSSR count). The van der Waals surface area contributed by atoms with E-state index in [2.05, 4.69) is 4.74 Å². The summed E-state index contributed by atoms with van der Waals surface area (Å²) in [4.78, 5) is 12.9. The summed E-state index contributed by atoms with van der Waals surface area (Å²) in [5, 5.41) is 0.191. The lowest BCUT2D eigenvalue weighted by molar-refractivity contribution is -0.0472. The van der Waals surface area contributed by atoms with E-state index in [9.17, 15) is 18.0 Å². The van der Waals surface area contributed by atoms with E-state index >= 15 is 0 Å². The number of thiophene rings is 1. The fourth-order valence-electron chi connectivity index (χ4n) is 2.48. The largest absolute Gasteiger partial charge is 0.494 e. The van der Waals surface area contributed by atoms with Gasteiger partial charge in [-0.2, -0.15) is 8.78 Å². The van der Waals surface area contributed by atoms with E-state index in [0.29, 0.717) is 11.2 Å². The number of fused-ring (bicyclic) bond motifs is 1. The molecule has 1 aromatic carbocycles. The zero-order valence-corrected chi connectivity index (χ0v) is 13.5. The second-order valence-corrected chi connectivity index (χ2v) is 5.98. The molecule has 0 aliphatic heterocycles. The van der Waals surface area contributed by atoms with Crippen molar-refractivity contribution in [2.24, 2.45) is 0 Å². The van der Waals surface area contributed by atoms with E-state index in [-0.39, 0.29) is 21.1 Å². The molecule has 0 saturated heterocycles. The number of nitrogens with zero attached hydrogens (tertiary/aromatic N) is 1. The molecule has 0 aliphatic rings. The Kier molecular flexibility index (Phi) is 4.23. The summed E-state index contributed by atoms with van der Waals surface area (Å²) >= 11 is 0.806. The van der Waals surface area contributed by atoms with Crippen molar-refractivity contribution in [1.29, 1.82) is 0 Å². The van der Waals surface area contributed by atoms with Crippen molar-refractivity contribution in [1.82, 2.24) is 4.57 Å². The lowest BCUT2D eigenvalue weighted by Gasteiger charge is -2.06. The molecule has 0 atom stereocenters. The smallest absolute Gasteiger partial charge is 0.388 e. The summed E-state index contributed by atoms with van der Waals surface area (Å²) in [5.41, 5.74) is 0.896. The highest BCUT2D eigenvalue weighted by Crippen LogP contribution is 2.32. The summed E-state index contributed by atoms with van der Waals surface area (Å²) in [5.74, 6) is -0.922. The van der Waals surface area contributed by atoms with Crippen LogP contribution in [0.25, 0.3) is 10.9 Å². The van der Waals surface area contributed by atoms with Crippen LogP contribution < -0.4 is 9.47 Å². The van der Waals surface area contributed by atoms with Gasteiger partial charge >= 0.3 is 6.61 Å². The molecule has 0 spiro atoms. The highest BCUT2D eigenvalue weighted by atomic mass is 32.1. The standard InChI is InChI=1S/C16H12F3NO3S/c1-8-7-9-10(3-4-11(22-2)14(9)17)20(8)15(21)12-5-6-13(24-12)23-16(18)19/h3-7,16H,1-2H3. The number of hydrogen-bond donors (Lipinski definition) is 0. The highest BCUT2D eigenvalue weighted by Gasteiger charge is 2.20. The van der Waals surface area contributed by atoms with Gasteiger partial charge in [0.05, 0.1) is 17.5 Å². The minimum Gasteiger partial charge on any atom is -0.494 e. The fraction of sp³-hybridized carbons (Fsp3) is 0.188. The van der Waals surface area contributed by atoms with Gasteiger partial charge in [0.2, 0.25) is 0 Å². The van der Waals surface area contributed by atoms with Crippen molar-refractivity contribution < 1.29 is 27.4 Å². The Balaban J connectivity index is 2.05. The van der Waals surface area contributed by atoms with Crippen molar-refractivity contribution >= 4 is 28.1 Å². The summed E-state index contributed by atoms with van der Waals surface area (Å²) in [6.45, 7) is -1.30. The Labute approximate surface area is 139 Å². The molecule has 4 nitrogen and oxygen atoms in total. The third-order valence-electron chi connectivity index (χ3n) is 3.49. The van der Waals surface area contributed by atoms with E-state index in [4.69, 9.17) is 4.74 Å². The maximum Gasteiger partial charge on any atom is 0.388 e. The van der Waals surface area contributed by atoms with Gasteiger partial charge in [-0.1, -0.05) is 11.3 Å². The van der Waals surface area contributed by atoms with Gasteiger partial charge in [-0.15, -0.1) is 0 Å². The molecule has 126 valence electrons. The van der Waals surface area contributed by atoms with Gasteiger partial charge in [-0.25, -0.2) is 4.39 Å². The van der Waals surface area contributed by atoms with E-state index in [1.54, 1.807) is 13.0 Å². The first kappa shape index (κ1) is 16.4. The average molecular weight is 355 g/mol. The summed E-state index contributed by atoms with van der Waals surface area (Å²) in [6.07, 6.45) is 0. The van der Waals surface area contributed by atoms with Gasteiger partial charge < -0.3 is 9.47 Å². The Morgan fingerprint density at radius 1 is 1.25 bits per heavy atom. The predicted molar refractivity (Wildman–Crippen MR) is 83.9 cm³/mol. The molecule has 0 aliphatic carbocycles. The molecule has 2 aromatic heterocycles. The first-order chi connectivity index (χ1) is 11.4. The number of aryl methyl sites for hydroxylation is 1. The number of ether oxygens (including phenoxy) is 2. The van der Waals surface area contributed by atoms with Crippen LogP contribution >= 0.6 is 11.3 Å². The van der Waals surface area contributed by atoms with Gasteiger partial charge in [-0.05, 0) is 37.3 Å². The van der Waals surface area contributed by atoms with Crippen LogP contribution in [0.2, 0.25) is 0 Å². The SMILES string of the molecule is COc1ccc2c(cc(C)n2C(=O)c2ccc(OC(F)F)s2)c1F. The van der Waals surface area contributed by atoms with Crippen LogP contribution in [0.1, 0.15) is 15.4 Å². The molecule has 0 amide bonds. The van der Waals surface area contributed by atoms with Crippen LogP contribution in [0.3, 0.4) is 0 Å². The second kappa shape index (κ2) is 6.20. The van der Waals surface area contributed by atoms with E-state index in [1.807, 2.05) is 0 Å². The third-order valence-corrected chi connectivity index (χ3v) is 4.45. The Bertz CT molecular complexity index is 917. The highest BCUT2D eigenvalue weighted by molar-refractivity contribution is 7.15. The quantitative estimate of drug-likeness (QED) is 0.694. The first-order valence-corrected chi connectivity index (χ1v) is 7.68. The molecular weight excluding hydrogens is 343 g/mol. The van der Waals surface area contributed by atoms with Crippen LogP contribution in [0.5, 0.6) is 10.8 Å². The molecule has 0 N–H and O–H groups in total. The van der Waals surface area contributed by atoms with Gasteiger partial charge in [0.25, 0.3) is 5.91 Å². The van der Waals surface area contributed by atoms with Crippen molar-refractivity contribution in [3.8, 4) is 10.8 Å². The zero-order chi connectivity index (χ0) is 17.4. The average Bonchev–Trinajstić information content (AvgIpc) is 3.11. The lowest BCUT2D eigenvalue weighted by Crippen LogP contribution is -2.11. The third kappa shape index (κ3) is 2.73. The van der Waals surface area contributed by atoms with Gasteiger partial charge in [0.1, 0.15) is 0 Å². The number of methoxy groups -OCH3 is 1. The molecule has 0 bridgehead atoms. The van der Waals surface area contributed by atoms with Crippen LogP contribution in [0.15, 0.2) is 30.3 Å². The van der Waals surface area contributed by atoms with E-state index in [1.165, 1.54) is 35.9 Å². The monoisotopic (exact) mass is 355 g/mol. The summed E-state index contributed by atoms with van der Waals surface area (Å²) in [6, 6.07) is 7.24. The van der Waals surface area contributed by atoms with Crippen molar-refractivity contribution in [2.75, 3.05) is 7.11 Å². The number of hydrogen-bond acceptors (Lipinski definition) is 4. The van der Waals surface area contributed by atoms with Crippen LogP contribution in [0.4, 0.5) is 13.2 Å². The lowest BCUT2D eigenvalue weighted by atomic mass is 10.2. The molecular formula is C16H12F3NO3S. The Morgan fingerprint density at radius 3 is 2.67 bits per heavy atom. The van der Waals surface area contributed by atoms with E-state index in [0.717, 1.165) is 11.3 Å². The van der Waals surface area contributed by atoms with E-state index < -0.39 is 18.3 Å². The van der Waals surface area contributed by atoms with Gasteiger partial charge in [0.15, 0.2) is 16.6 Å². The summed E-state index contributed by atoms with van der Waals surface area (Å²) < 4.78 is 49.3. The van der Waals surface area contributed by atoms with Crippen LogP contribution in [0, 0.1) is 12.7 Å². The molecule has 3 aromatic rings. The van der Waals surface area contributed by atoms with Gasteiger partial charge in [0, 0.05) is 11.1 Å².